The van der Waals surface area contributed by atoms with E-state index in [0.717, 1.165) is 23.7 Å². The molecule has 2 rings (SSSR count). The van der Waals surface area contributed by atoms with Crippen LogP contribution < -0.4 is 14.8 Å². The Morgan fingerprint density at radius 3 is 2.47 bits per heavy atom. The molecule has 0 unspecified atom stereocenters. The zero-order valence-electron chi connectivity index (χ0n) is 11.3. The predicted octanol–water partition coefficient (Wildman–Crippen LogP) is 3.71. The quantitative estimate of drug-likeness (QED) is 0.855. The summed E-state index contributed by atoms with van der Waals surface area (Å²) in [5.74, 6) is 1.77. The van der Waals surface area contributed by atoms with E-state index in [2.05, 4.69) is 17.4 Å². The van der Waals surface area contributed by atoms with Gasteiger partial charge in [-0.1, -0.05) is 18.2 Å². The molecule has 19 heavy (non-hydrogen) atoms. The molecule has 0 aliphatic carbocycles. The second kappa shape index (κ2) is 6.69. The molecule has 3 nitrogen and oxygen atoms in total. The Hall–Kier alpha value is -2.16. The highest BCUT2D eigenvalue weighted by atomic mass is 16.5. The van der Waals surface area contributed by atoms with Crippen molar-refractivity contribution in [2.45, 2.75) is 13.5 Å². The molecule has 1 N–H and O–H groups in total. The third-order valence-corrected chi connectivity index (χ3v) is 2.80. The van der Waals surface area contributed by atoms with E-state index in [1.165, 1.54) is 5.56 Å². The van der Waals surface area contributed by atoms with Crippen LogP contribution in [0.4, 0.5) is 5.69 Å². The Kier molecular flexibility index (Phi) is 4.67. The number of rotatable bonds is 6. The SMILES string of the molecule is CCOc1ccc(CNc2cccc(OC)c2)cc1. The predicted molar refractivity (Wildman–Crippen MR) is 77.9 cm³/mol. The molecule has 0 aliphatic heterocycles. The average Bonchev–Trinajstić information content (AvgIpc) is 2.47. The van der Waals surface area contributed by atoms with Gasteiger partial charge >= 0.3 is 0 Å². The summed E-state index contributed by atoms with van der Waals surface area (Å²) in [7, 11) is 1.67. The lowest BCUT2D eigenvalue weighted by Crippen LogP contribution is -1.99. The first-order valence-corrected chi connectivity index (χ1v) is 6.41. The van der Waals surface area contributed by atoms with Gasteiger partial charge in [-0.3, -0.25) is 0 Å². The summed E-state index contributed by atoms with van der Waals surface area (Å²) >= 11 is 0. The highest BCUT2D eigenvalue weighted by Crippen LogP contribution is 2.18. The van der Waals surface area contributed by atoms with Crippen molar-refractivity contribution in [1.29, 1.82) is 0 Å². The number of methoxy groups -OCH3 is 1. The normalized spacial score (nSPS) is 10.0. The van der Waals surface area contributed by atoms with Crippen molar-refractivity contribution in [3.63, 3.8) is 0 Å². The largest absolute Gasteiger partial charge is 0.497 e. The molecule has 3 heteroatoms. The third-order valence-electron chi connectivity index (χ3n) is 2.80. The van der Waals surface area contributed by atoms with Gasteiger partial charge in [0.1, 0.15) is 11.5 Å². The number of ether oxygens (including phenoxy) is 2. The van der Waals surface area contributed by atoms with Crippen LogP contribution in [-0.4, -0.2) is 13.7 Å². The van der Waals surface area contributed by atoms with Crippen LogP contribution >= 0.6 is 0 Å². The molecule has 2 aromatic carbocycles. The van der Waals surface area contributed by atoms with Crippen LogP contribution in [0.5, 0.6) is 11.5 Å². The molecule has 0 aromatic heterocycles. The Morgan fingerprint density at radius 1 is 1.00 bits per heavy atom. The molecule has 100 valence electrons. The van der Waals surface area contributed by atoms with Gasteiger partial charge in [-0.2, -0.15) is 0 Å². The zero-order chi connectivity index (χ0) is 13.5. The molecular weight excluding hydrogens is 238 g/mol. The van der Waals surface area contributed by atoms with Crippen LogP contribution in [0.25, 0.3) is 0 Å². The van der Waals surface area contributed by atoms with Gasteiger partial charge in [0.2, 0.25) is 0 Å². The van der Waals surface area contributed by atoms with Crippen LogP contribution in [-0.2, 0) is 6.54 Å². The monoisotopic (exact) mass is 257 g/mol. The van der Waals surface area contributed by atoms with Crippen LogP contribution in [0, 0.1) is 0 Å². The van der Waals surface area contributed by atoms with E-state index in [-0.39, 0.29) is 0 Å². The van der Waals surface area contributed by atoms with Crippen molar-refractivity contribution in [2.24, 2.45) is 0 Å². The van der Waals surface area contributed by atoms with Gasteiger partial charge in [0, 0.05) is 18.3 Å². The summed E-state index contributed by atoms with van der Waals surface area (Å²) < 4.78 is 10.6. The lowest BCUT2D eigenvalue weighted by atomic mass is 10.2. The van der Waals surface area contributed by atoms with Gasteiger partial charge in [-0.25, -0.2) is 0 Å². The van der Waals surface area contributed by atoms with Gasteiger partial charge in [0.25, 0.3) is 0 Å². The second-order valence-electron chi connectivity index (χ2n) is 4.16. The van der Waals surface area contributed by atoms with Gasteiger partial charge < -0.3 is 14.8 Å². The van der Waals surface area contributed by atoms with Crippen LogP contribution in [0.3, 0.4) is 0 Å². The zero-order valence-corrected chi connectivity index (χ0v) is 11.3. The van der Waals surface area contributed by atoms with Gasteiger partial charge in [0.05, 0.1) is 13.7 Å². The maximum Gasteiger partial charge on any atom is 0.120 e. The molecule has 0 radical (unpaired) electrons. The van der Waals surface area contributed by atoms with Crippen molar-refractivity contribution in [3.05, 3.63) is 54.1 Å². The fourth-order valence-corrected chi connectivity index (χ4v) is 1.81. The van der Waals surface area contributed by atoms with E-state index in [1.807, 2.05) is 43.3 Å². The van der Waals surface area contributed by atoms with Gasteiger partial charge in [0.15, 0.2) is 0 Å². The minimum absolute atomic E-state index is 0.696. The maximum atomic E-state index is 5.42. The fraction of sp³-hybridized carbons (Fsp3) is 0.250. The van der Waals surface area contributed by atoms with E-state index in [1.54, 1.807) is 7.11 Å². The summed E-state index contributed by atoms with van der Waals surface area (Å²) in [6, 6.07) is 16.0. The van der Waals surface area contributed by atoms with E-state index >= 15 is 0 Å². The van der Waals surface area contributed by atoms with Crippen molar-refractivity contribution < 1.29 is 9.47 Å². The summed E-state index contributed by atoms with van der Waals surface area (Å²) in [6.07, 6.45) is 0. The molecule has 0 fully saturated rings. The fourth-order valence-electron chi connectivity index (χ4n) is 1.81. The standard InChI is InChI=1S/C16H19NO2/c1-3-19-15-9-7-13(8-10-15)12-17-14-5-4-6-16(11-14)18-2/h4-11,17H,3,12H2,1-2H3. The van der Waals surface area contributed by atoms with Crippen molar-refractivity contribution in [1.82, 2.24) is 0 Å². The Balaban J connectivity index is 1.94. The van der Waals surface area contributed by atoms with E-state index in [4.69, 9.17) is 9.47 Å². The van der Waals surface area contributed by atoms with Gasteiger partial charge in [-0.05, 0) is 36.8 Å². The Morgan fingerprint density at radius 2 is 1.79 bits per heavy atom. The van der Waals surface area contributed by atoms with Crippen LogP contribution in [0.1, 0.15) is 12.5 Å². The number of nitrogens with one attached hydrogen (secondary N) is 1. The first-order valence-electron chi connectivity index (χ1n) is 6.41. The van der Waals surface area contributed by atoms with E-state index in [0.29, 0.717) is 6.61 Å². The van der Waals surface area contributed by atoms with Crippen molar-refractivity contribution in [3.8, 4) is 11.5 Å². The molecule has 0 amide bonds. The van der Waals surface area contributed by atoms with Crippen molar-refractivity contribution >= 4 is 5.69 Å². The van der Waals surface area contributed by atoms with Crippen molar-refractivity contribution in [2.75, 3.05) is 19.0 Å². The molecule has 0 spiro atoms. The Labute approximate surface area is 114 Å². The summed E-state index contributed by atoms with van der Waals surface area (Å²) in [6.45, 7) is 3.46. The number of benzene rings is 2. The molecule has 0 atom stereocenters. The van der Waals surface area contributed by atoms with E-state index in [9.17, 15) is 0 Å². The molecule has 0 saturated carbocycles. The average molecular weight is 257 g/mol. The molecule has 0 heterocycles. The van der Waals surface area contributed by atoms with Gasteiger partial charge in [-0.15, -0.1) is 0 Å². The minimum atomic E-state index is 0.696. The second-order valence-corrected chi connectivity index (χ2v) is 4.16. The van der Waals surface area contributed by atoms with E-state index < -0.39 is 0 Å². The van der Waals surface area contributed by atoms with Crippen LogP contribution in [0.2, 0.25) is 0 Å². The molecule has 0 bridgehead atoms. The highest BCUT2D eigenvalue weighted by Gasteiger charge is 1.97. The smallest absolute Gasteiger partial charge is 0.120 e. The number of anilines is 1. The first kappa shape index (κ1) is 13.3. The third kappa shape index (κ3) is 3.91. The lowest BCUT2D eigenvalue weighted by molar-refractivity contribution is 0.340. The molecule has 2 aromatic rings. The summed E-state index contributed by atoms with van der Waals surface area (Å²) in [5.41, 5.74) is 2.26. The summed E-state index contributed by atoms with van der Waals surface area (Å²) in [4.78, 5) is 0. The molecule has 0 saturated heterocycles. The Bertz CT molecular complexity index is 508. The highest BCUT2D eigenvalue weighted by molar-refractivity contribution is 5.48. The van der Waals surface area contributed by atoms with Crippen LogP contribution in [0.15, 0.2) is 48.5 Å². The lowest BCUT2D eigenvalue weighted by Gasteiger charge is -2.09. The maximum absolute atomic E-state index is 5.42. The topological polar surface area (TPSA) is 30.5 Å². The number of hydrogen-bond donors (Lipinski definition) is 1. The summed E-state index contributed by atoms with van der Waals surface area (Å²) in [5, 5.41) is 3.37. The molecular formula is C16H19NO2. The first-order chi connectivity index (χ1) is 9.31. The minimum Gasteiger partial charge on any atom is -0.497 e. The molecule has 0 aliphatic rings. The number of hydrogen-bond acceptors (Lipinski definition) is 3.